The van der Waals surface area contributed by atoms with Gasteiger partial charge in [0.1, 0.15) is 0 Å². The third kappa shape index (κ3) is 2.45. The van der Waals surface area contributed by atoms with Gasteiger partial charge in [-0.15, -0.1) is 0 Å². The first-order valence-electron chi connectivity index (χ1n) is 8.25. The van der Waals surface area contributed by atoms with E-state index in [1.807, 2.05) is 27.8 Å². The summed E-state index contributed by atoms with van der Waals surface area (Å²) >= 11 is 0. The summed E-state index contributed by atoms with van der Waals surface area (Å²) in [7, 11) is 1.71. The van der Waals surface area contributed by atoms with Crippen molar-refractivity contribution >= 4 is 11.6 Å². The number of anilines is 1. The molecule has 0 fully saturated rings. The van der Waals surface area contributed by atoms with E-state index in [2.05, 4.69) is 11.2 Å². The Morgan fingerprint density at radius 2 is 2.17 bits per heavy atom. The van der Waals surface area contributed by atoms with Crippen molar-refractivity contribution in [3.8, 4) is 0 Å². The van der Waals surface area contributed by atoms with Crippen molar-refractivity contribution in [1.82, 2.24) is 9.78 Å². The zero-order valence-corrected chi connectivity index (χ0v) is 13.4. The molecule has 120 valence electrons. The van der Waals surface area contributed by atoms with Gasteiger partial charge in [-0.3, -0.25) is 9.48 Å². The molecule has 2 aliphatic heterocycles. The molecule has 0 radical (unpaired) electrons. The first-order valence-corrected chi connectivity index (χ1v) is 8.25. The minimum Gasteiger partial charge on any atom is -0.379 e. The number of carbonyl (C=O) groups excluding carboxylic acids is 1. The van der Waals surface area contributed by atoms with Crippen LogP contribution in [0.1, 0.15) is 34.5 Å². The second-order valence-corrected chi connectivity index (χ2v) is 6.29. The van der Waals surface area contributed by atoms with E-state index in [9.17, 15) is 4.79 Å². The molecule has 5 nitrogen and oxygen atoms in total. The van der Waals surface area contributed by atoms with Crippen LogP contribution in [0, 0.1) is 0 Å². The number of carbonyl (C=O) groups is 1. The summed E-state index contributed by atoms with van der Waals surface area (Å²) in [5, 5.41) is 4.41. The Morgan fingerprint density at radius 1 is 1.30 bits per heavy atom. The summed E-state index contributed by atoms with van der Waals surface area (Å²) in [5.41, 5.74) is 4.00. The van der Waals surface area contributed by atoms with Gasteiger partial charge in [-0.25, -0.2) is 0 Å². The number of ether oxygens (including phenoxy) is 1. The van der Waals surface area contributed by atoms with E-state index in [1.54, 1.807) is 13.3 Å². The highest BCUT2D eigenvalue weighted by molar-refractivity contribution is 6.07. The Hall–Kier alpha value is -2.14. The zero-order chi connectivity index (χ0) is 15.8. The first-order chi connectivity index (χ1) is 11.3. The Balaban J connectivity index is 1.72. The van der Waals surface area contributed by atoms with E-state index >= 15 is 0 Å². The monoisotopic (exact) mass is 311 g/mol. The number of fused-ring (bicyclic) bond motifs is 2. The molecule has 2 aromatic rings. The van der Waals surface area contributed by atoms with Crippen LogP contribution in [0.5, 0.6) is 0 Å². The van der Waals surface area contributed by atoms with Crippen LogP contribution in [-0.2, 0) is 24.1 Å². The van der Waals surface area contributed by atoms with Gasteiger partial charge < -0.3 is 9.64 Å². The van der Waals surface area contributed by atoms with Crippen molar-refractivity contribution in [1.29, 1.82) is 0 Å². The fraction of sp³-hybridized carbons (Fsp3) is 0.444. The molecule has 1 amide bonds. The predicted octanol–water partition coefficient (Wildman–Crippen LogP) is 2.44. The molecule has 4 rings (SSSR count). The summed E-state index contributed by atoms with van der Waals surface area (Å²) in [6.45, 7) is 1.51. The second kappa shape index (κ2) is 5.81. The van der Waals surface area contributed by atoms with E-state index in [4.69, 9.17) is 4.74 Å². The van der Waals surface area contributed by atoms with E-state index in [0.29, 0.717) is 6.54 Å². The Labute approximate surface area is 135 Å². The number of aromatic nitrogens is 2. The van der Waals surface area contributed by atoms with Crippen molar-refractivity contribution in [2.45, 2.75) is 38.3 Å². The zero-order valence-electron chi connectivity index (χ0n) is 13.4. The summed E-state index contributed by atoms with van der Waals surface area (Å²) in [6, 6.07) is 8.10. The molecule has 1 aromatic carbocycles. The van der Waals surface area contributed by atoms with Crippen LogP contribution in [0.15, 0.2) is 30.5 Å². The van der Waals surface area contributed by atoms with Gasteiger partial charge >= 0.3 is 0 Å². The minimum atomic E-state index is 0.0419. The molecule has 1 aromatic heterocycles. The average molecular weight is 311 g/mol. The molecule has 0 aliphatic carbocycles. The van der Waals surface area contributed by atoms with E-state index < -0.39 is 0 Å². The lowest BCUT2D eigenvalue weighted by molar-refractivity contribution is 0.0869. The van der Waals surface area contributed by atoms with Crippen LogP contribution < -0.4 is 4.90 Å². The highest BCUT2D eigenvalue weighted by atomic mass is 16.5. The molecule has 1 unspecified atom stereocenters. The van der Waals surface area contributed by atoms with E-state index in [1.165, 1.54) is 5.56 Å². The van der Waals surface area contributed by atoms with Gasteiger partial charge in [0.15, 0.2) is 0 Å². The summed E-state index contributed by atoms with van der Waals surface area (Å²) in [5.74, 6) is 0.0438. The van der Waals surface area contributed by atoms with Gasteiger partial charge in [0.05, 0.1) is 30.1 Å². The number of nitrogens with zero attached hydrogens (tertiary/aromatic N) is 3. The fourth-order valence-electron chi connectivity index (χ4n) is 3.65. The van der Waals surface area contributed by atoms with Crippen LogP contribution in [0.25, 0.3) is 0 Å². The normalized spacial score (nSPS) is 20.0. The lowest BCUT2D eigenvalue weighted by Gasteiger charge is -2.34. The number of rotatable bonds is 2. The van der Waals surface area contributed by atoms with Crippen LogP contribution >= 0.6 is 0 Å². The number of benzene rings is 1. The molecule has 1 atom stereocenters. The molecule has 2 aliphatic rings. The number of hydrogen-bond donors (Lipinski definition) is 0. The number of aryl methyl sites for hydroxylation is 1. The van der Waals surface area contributed by atoms with Crippen molar-refractivity contribution in [3.63, 3.8) is 0 Å². The molecule has 5 heteroatoms. The maximum absolute atomic E-state index is 13.2. The van der Waals surface area contributed by atoms with Gasteiger partial charge in [-0.05, 0) is 30.9 Å². The van der Waals surface area contributed by atoms with Gasteiger partial charge in [-0.1, -0.05) is 18.2 Å². The van der Waals surface area contributed by atoms with Gasteiger partial charge in [0, 0.05) is 25.8 Å². The number of amides is 1. The molecule has 0 N–H and O–H groups in total. The van der Waals surface area contributed by atoms with Crippen molar-refractivity contribution in [2.75, 3.05) is 18.6 Å². The Kier molecular flexibility index (Phi) is 3.65. The fourth-order valence-corrected chi connectivity index (χ4v) is 3.65. The van der Waals surface area contributed by atoms with Crippen LogP contribution in [0.2, 0.25) is 0 Å². The average Bonchev–Trinajstić information content (AvgIpc) is 3.04. The summed E-state index contributed by atoms with van der Waals surface area (Å²) < 4.78 is 7.53. The summed E-state index contributed by atoms with van der Waals surface area (Å²) in [6.07, 6.45) is 5.83. The van der Waals surface area contributed by atoms with Gasteiger partial charge in [0.2, 0.25) is 0 Å². The molecular weight excluding hydrogens is 290 g/mol. The third-order valence-corrected chi connectivity index (χ3v) is 4.91. The van der Waals surface area contributed by atoms with Crippen molar-refractivity contribution < 1.29 is 9.53 Å². The predicted molar refractivity (Wildman–Crippen MR) is 87.8 cm³/mol. The van der Waals surface area contributed by atoms with Gasteiger partial charge in [-0.2, -0.15) is 5.10 Å². The largest absolute Gasteiger partial charge is 0.379 e. The van der Waals surface area contributed by atoms with Gasteiger partial charge in [0.25, 0.3) is 5.91 Å². The maximum atomic E-state index is 13.2. The molecule has 0 saturated heterocycles. The third-order valence-electron chi connectivity index (χ3n) is 4.91. The quantitative estimate of drug-likeness (QED) is 0.856. The number of hydrogen-bond acceptors (Lipinski definition) is 3. The molecular formula is C18H21N3O2. The maximum Gasteiger partial charge on any atom is 0.261 e. The molecule has 0 saturated carbocycles. The number of para-hydroxylation sites is 1. The highest BCUT2D eigenvalue weighted by Gasteiger charge is 2.31. The summed E-state index contributed by atoms with van der Waals surface area (Å²) in [4.78, 5) is 15.0. The topological polar surface area (TPSA) is 47.4 Å². The van der Waals surface area contributed by atoms with Crippen LogP contribution in [0.4, 0.5) is 5.69 Å². The first kappa shape index (κ1) is 14.5. The molecule has 0 bridgehead atoms. The molecule has 23 heavy (non-hydrogen) atoms. The van der Waals surface area contributed by atoms with Crippen molar-refractivity contribution in [3.05, 3.63) is 47.3 Å². The Morgan fingerprint density at radius 3 is 3.04 bits per heavy atom. The lowest BCUT2D eigenvalue weighted by Crippen LogP contribution is -2.43. The lowest BCUT2D eigenvalue weighted by atomic mass is 9.98. The second-order valence-electron chi connectivity index (χ2n) is 6.29. The highest BCUT2D eigenvalue weighted by Crippen LogP contribution is 2.30. The van der Waals surface area contributed by atoms with E-state index in [-0.39, 0.29) is 12.0 Å². The van der Waals surface area contributed by atoms with Crippen LogP contribution in [0.3, 0.4) is 0 Å². The molecule has 3 heterocycles. The smallest absolute Gasteiger partial charge is 0.261 e. The standard InChI is InChI=1S/C18H21N3O2/c1-23-14-10-13-6-2-3-7-16(13)20(12-14)18(22)15-11-19-21-9-5-4-8-17(15)21/h2-3,6-7,11,14H,4-5,8-10,12H2,1H3. The van der Waals surface area contributed by atoms with Crippen molar-refractivity contribution in [2.24, 2.45) is 0 Å². The van der Waals surface area contributed by atoms with E-state index in [0.717, 1.165) is 49.2 Å². The molecule has 0 spiro atoms. The number of methoxy groups -OCH3 is 1. The Bertz CT molecular complexity index is 738. The van der Waals surface area contributed by atoms with Crippen LogP contribution in [-0.4, -0.2) is 35.4 Å². The minimum absolute atomic E-state index is 0.0419. The SMILES string of the molecule is COC1Cc2ccccc2N(C(=O)c2cnn3c2CCCC3)C1.